The van der Waals surface area contributed by atoms with Crippen molar-refractivity contribution in [2.45, 2.75) is 24.6 Å². The van der Waals surface area contributed by atoms with Gasteiger partial charge in [0.15, 0.2) is 18.1 Å². The van der Waals surface area contributed by atoms with Crippen molar-refractivity contribution >= 4 is 12.6 Å². The molecule has 0 aliphatic carbocycles. The first kappa shape index (κ1) is 15.5. The molecule has 0 radical (unpaired) electrons. The van der Waals surface area contributed by atoms with Gasteiger partial charge in [0, 0.05) is 24.5 Å². The van der Waals surface area contributed by atoms with E-state index >= 15 is 0 Å². The molecule has 2 N–H and O–H groups in total. The van der Waals surface area contributed by atoms with Gasteiger partial charge < -0.3 is 10.4 Å². The number of aliphatic hydroxyl groups is 1. The van der Waals surface area contributed by atoms with Gasteiger partial charge in [-0.25, -0.2) is 0 Å². The highest BCUT2D eigenvalue weighted by Crippen LogP contribution is 2.42. The molecule has 0 spiro atoms. The van der Waals surface area contributed by atoms with Crippen LogP contribution in [0.2, 0.25) is 0 Å². The van der Waals surface area contributed by atoms with E-state index in [0.717, 1.165) is 5.56 Å². The number of nitriles is 1. The van der Waals surface area contributed by atoms with Gasteiger partial charge >= 0.3 is 0 Å². The number of pyridine rings is 2. The molecular formula is C17H17N4OS+. The zero-order valence-corrected chi connectivity index (χ0v) is 13.5. The van der Waals surface area contributed by atoms with Crippen LogP contribution in [0.15, 0.2) is 65.7 Å². The van der Waals surface area contributed by atoms with Crippen LogP contribution < -0.4 is 9.88 Å². The molecule has 0 fully saturated rings. The van der Waals surface area contributed by atoms with E-state index in [1.54, 1.807) is 19.3 Å². The van der Waals surface area contributed by atoms with Crippen LogP contribution in [-0.4, -0.2) is 15.8 Å². The summed E-state index contributed by atoms with van der Waals surface area (Å²) in [7, 11) is 0. The van der Waals surface area contributed by atoms with Crippen molar-refractivity contribution < 1.29 is 9.67 Å². The maximum Gasteiger partial charge on any atom is 0.216 e. The summed E-state index contributed by atoms with van der Waals surface area (Å²) >= 11 is 4.37. The molecule has 3 atom stereocenters. The highest BCUT2D eigenvalue weighted by molar-refractivity contribution is 7.84. The zero-order chi connectivity index (χ0) is 16.4. The van der Waals surface area contributed by atoms with E-state index in [1.807, 2.05) is 47.3 Å². The largest absolute Gasteiger partial charge is 0.366 e. The molecule has 1 aliphatic heterocycles. The molecule has 0 bridgehead atoms. The summed E-state index contributed by atoms with van der Waals surface area (Å²) in [5.41, 5.74) is 0.0668. The lowest BCUT2D eigenvalue weighted by atomic mass is 9.79. The minimum Gasteiger partial charge on any atom is -0.366 e. The first-order valence-electron chi connectivity index (χ1n) is 7.24. The number of nitrogens with one attached hydrogen (secondary N) is 1. The SMILES string of the molecule is CC1(O)NC(S)=C(C#N)C(c2cccnc2)C1[n+]1ccccc1. The van der Waals surface area contributed by atoms with Gasteiger partial charge in [-0.1, -0.05) is 12.1 Å². The summed E-state index contributed by atoms with van der Waals surface area (Å²) in [5.74, 6) is -0.357. The maximum absolute atomic E-state index is 11.0. The summed E-state index contributed by atoms with van der Waals surface area (Å²) in [4.78, 5) is 4.16. The molecule has 2 aromatic heterocycles. The van der Waals surface area contributed by atoms with Gasteiger partial charge in [-0.3, -0.25) is 4.98 Å². The molecule has 3 heterocycles. The summed E-state index contributed by atoms with van der Waals surface area (Å²) < 4.78 is 1.90. The Morgan fingerprint density at radius 1 is 1.35 bits per heavy atom. The molecule has 23 heavy (non-hydrogen) atoms. The third-order valence-corrected chi connectivity index (χ3v) is 4.41. The fourth-order valence-corrected chi connectivity index (χ4v) is 3.52. The number of nitrogens with zero attached hydrogens (tertiary/aromatic N) is 3. The summed E-state index contributed by atoms with van der Waals surface area (Å²) in [6, 6.07) is 11.2. The quantitative estimate of drug-likeness (QED) is 0.580. The van der Waals surface area contributed by atoms with Gasteiger partial charge in [0.1, 0.15) is 0 Å². The Labute approximate surface area is 140 Å². The third-order valence-electron chi connectivity index (χ3n) is 4.05. The van der Waals surface area contributed by atoms with E-state index in [-0.39, 0.29) is 5.92 Å². The number of allylic oxidation sites excluding steroid dienone is 1. The molecule has 1 aliphatic rings. The fourth-order valence-electron chi connectivity index (χ4n) is 3.10. The van der Waals surface area contributed by atoms with E-state index < -0.39 is 11.8 Å². The zero-order valence-electron chi connectivity index (χ0n) is 12.6. The molecular weight excluding hydrogens is 308 g/mol. The molecule has 6 heteroatoms. The maximum atomic E-state index is 11.0. The lowest BCUT2D eigenvalue weighted by Crippen LogP contribution is -2.62. The Balaban J connectivity index is 2.23. The van der Waals surface area contributed by atoms with Crippen LogP contribution in [0.1, 0.15) is 24.4 Å². The van der Waals surface area contributed by atoms with Gasteiger partial charge in [-0.05, 0) is 18.6 Å². The van der Waals surface area contributed by atoms with Crippen molar-refractivity contribution in [3.8, 4) is 6.07 Å². The van der Waals surface area contributed by atoms with Crippen LogP contribution >= 0.6 is 12.6 Å². The highest BCUT2D eigenvalue weighted by Gasteiger charge is 2.51. The normalized spacial score (nSPS) is 27.2. The fraction of sp³-hybridized carbons (Fsp3) is 0.235. The van der Waals surface area contributed by atoms with E-state index in [1.165, 1.54) is 0 Å². The van der Waals surface area contributed by atoms with E-state index in [9.17, 15) is 10.4 Å². The van der Waals surface area contributed by atoms with Crippen LogP contribution in [0, 0.1) is 11.3 Å². The Kier molecular flexibility index (Phi) is 4.07. The van der Waals surface area contributed by atoms with Gasteiger partial charge in [0.05, 0.1) is 22.6 Å². The van der Waals surface area contributed by atoms with E-state index in [2.05, 4.69) is 29.0 Å². The first-order chi connectivity index (χ1) is 11.0. The average Bonchev–Trinajstić information content (AvgIpc) is 2.55. The van der Waals surface area contributed by atoms with Crippen molar-refractivity contribution in [3.63, 3.8) is 0 Å². The molecule has 3 rings (SSSR count). The third kappa shape index (κ3) is 2.81. The van der Waals surface area contributed by atoms with Crippen LogP contribution in [0.3, 0.4) is 0 Å². The highest BCUT2D eigenvalue weighted by atomic mass is 32.1. The molecule has 5 nitrogen and oxygen atoms in total. The monoisotopic (exact) mass is 325 g/mol. The number of rotatable bonds is 2. The topological polar surface area (TPSA) is 72.8 Å². The molecule has 3 unspecified atom stereocenters. The van der Waals surface area contributed by atoms with Crippen LogP contribution in [0.25, 0.3) is 0 Å². The van der Waals surface area contributed by atoms with Gasteiger partial charge in [0.2, 0.25) is 6.04 Å². The van der Waals surface area contributed by atoms with Crippen molar-refractivity contribution in [3.05, 3.63) is 71.3 Å². The Bertz CT molecular complexity index is 768. The minimum atomic E-state index is -1.27. The van der Waals surface area contributed by atoms with Crippen molar-refractivity contribution in [1.29, 1.82) is 5.26 Å². The summed E-state index contributed by atoms with van der Waals surface area (Å²) in [6.07, 6.45) is 7.16. The standard InChI is InChI=1S/C17H16N4OS/c1-17(22)15(21-8-3-2-4-9-21)14(12-6-5-7-19-11-12)13(10-18)16(23)20-17/h2-9,11,14-15,20,22H,1H3/p+1. The number of hydrogen-bond donors (Lipinski definition) is 3. The van der Waals surface area contributed by atoms with Crippen LogP contribution in [-0.2, 0) is 0 Å². The van der Waals surface area contributed by atoms with E-state index in [0.29, 0.717) is 10.6 Å². The van der Waals surface area contributed by atoms with Crippen LogP contribution in [0.4, 0.5) is 0 Å². The predicted octanol–water partition coefficient (Wildman–Crippen LogP) is 1.67. The van der Waals surface area contributed by atoms with Crippen molar-refractivity contribution in [2.24, 2.45) is 0 Å². The summed E-state index contributed by atoms with van der Waals surface area (Å²) in [5, 5.41) is 23.9. The number of thiol groups is 1. The molecule has 116 valence electrons. The van der Waals surface area contributed by atoms with Crippen LogP contribution in [0.5, 0.6) is 0 Å². The Morgan fingerprint density at radius 3 is 2.70 bits per heavy atom. The van der Waals surface area contributed by atoms with Crippen molar-refractivity contribution in [1.82, 2.24) is 10.3 Å². The van der Waals surface area contributed by atoms with Gasteiger partial charge in [-0.15, -0.1) is 12.6 Å². The number of aromatic nitrogens is 2. The number of hydrogen-bond acceptors (Lipinski definition) is 5. The second kappa shape index (κ2) is 6.03. The lowest BCUT2D eigenvalue weighted by Gasteiger charge is -2.39. The van der Waals surface area contributed by atoms with Gasteiger partial charge in [-0.2, -0.15) is 9.83 Å². The molecule has 2 aromatic rings. The smallest absolute Gasteiger partial charge is 0.216 e. The molecule has 0 saturated carbocycles. The second-order valence-electron chi connectivity index (χ2n) is 5.68. The first-order valence-corrected chi connectivity index (χ1v) is 7.69. The molecule has 0 saturated heterocycles. The van der Waals surface area contributed by atoms with E-state index in [4.69, 9.17) is 0 Å². The van der Waals surface area contributed by atoms with Crippen molar-refractivity contribution in [2.75, 3.05) is 0 Å². The molecule has 0 aromatic carbocycles. The Morgan fingerprint density at radius 2 is 2.09 bits per heavy atom. The Hall–Kier alpha value is -2.36. The molecule has 0 amide bonds. The minimum absolute atomic E-state index is 0.357. The average molecular weight is 325 g/mol. The van der Waals surface area contributed by atoms with Gasteiger partial charge in [0.25, 0.3) is 0 Å². The second-order valence-corrected chi connectivity index (χ2v) is 6.13. The summed E-state index contributed by atoms with van der Waals surface area (Å²) in [6.45, 7) is 1.69. The lowest BCUT2D eigenvalue weighted by molar-refractivity contribution is -0.741. The predicted molar refractivity (Wildman–Crippen MR) is 88.0 cm³/mol.